The lowest BCUT2D eigenvalue weighted by Crippen LogP contribution is -2.14. The molecule has 0 radical (unpaired) electrons. The maximum atomic E-state index is 10.8. The van der Waals surface area contributed by atoms with E-state index in [2.05, 4.69) is 74.1 Å². The van der Waals surface area contributed by atoms with Gasteiger partial charge in [-0.1, -0.05) is 150 Å². The van der Waals surface area contributed by atoms with E-state index >= 15 is 0 Å². The predicted octanol–water partition coefficient (Wildman–Crippen LogP) is 9.60. The highest BCUT2D eigenvalue weighted by molar-refractivity contribution is 5.87. The van der Waals surface area contributed by atoms with Gasteiger partial charge in [0.1, 0.15) is 13.2 Å². The molecule has 3 aromatic rings. The molecular weight excluding hydrogens is 570 g/mol. The highest BCUT2D eigenvalue weighted by Crippen LogP contribution is 2.10. The van der Waals surface area contributed by atoms with Gasteiger partial charge in [-0.25, -0.2) is 9.59 Å². The lowest BCUT2D eigenvalue weighted by atomic mass is 10.1. The van der Waals surface area contributed by atoms with E-state index in [1.807, 2.05) is 111 Å². The van der Waals surface area contributed by atoms with Crippen LogP contribution in [-0.2, 0) is 25.5 Å². The van der Waals surface area contributed by atoms with E-state index in [9.17, 15) is 9.59 Å². The molecule has 0 aromatic heterocycles. The Morgan fingerprint density at radius 2 is 0.957 bits per heavy atom. The third-order valence-corrected chi connectivity index (χ3v) is 5.37. The number of benzene rings is 3. The fourth-order valence-corrected chi connectivity index (χ4v) is 3.04. The molecule has 0 heterocycles. The first-order chi connectivity index (χ1) is 21.9. The van der Waals surface area contributed by atoms with Crippen molar-refractivity contribution in [2.24, 2.45) is 0 Å². The molecule has 0 amide bonds. The Kier molecular flexibility index (Phi) is 25.8. The van der Waals surface area contributed by atoms with Gasteiger partial charge in [0, 0.05) is 11.1 Å². The second kappa shape index (κ2) is 27.5. The van der Waals surface area contributed by atoms with Crippen molar-refractivity contribution in [3.05, 3.63) is 157 Å². The summed E-state index contributed by atoms with van der Waals surface area (Å²) in [6.07, 6.45) is 8.48. The molecule has 0 aliphatic rings. The average Bonchev–Trinajstić information content (AvgIpc) is 3.07. The van der Waals surface area contributed by atoms with Crippen molar-refractivity contribution in [3.8, 4) is 0 Å². The van der Waals surface area contributed by atoms with Crippen LogP contribution in [0.2, 0.25) is 0 Å². The molecule has 0 unspecified atom stereocenters. The first-order valence-corrected chi connectivity index (χ1v) is 14.9. The molecule has 246 valence electrons. The molecule has 0 N–H and O–H groups in total. The molecule has 5 nitrogen and oxygen atoms in total. The van der Waals surface area contributed by atoms with Gasteiger partial charge in [-0.05, 0) is 69.2 Å². The summed E-state index contributed by atoms with van der Waals surface area (Å²) in [6.45, 7) is 26.9. The van der Waals surface area contributed by atoms with Gasteiger partial charge in [-0.2, -0.15) is 0 Å². The lowest BCUT2D eigenvalue weighted by molar-refractivity contribution is -0.147. The minimum absolute atomic E-state index is 0.0325. The average molecular weight is 624 g/mol. The number of carbonyl (C=O) groups excluding carboxylic acids is 2. The molecule has 3 aromatic carbocycles. The van der Waals surface area contributed by atoms with Gasteiger partial charge in [0.25, 0.3) is 0 Å². The van der Waals surface area contributed by atoms with Gasteiger partial charge in [-0.15, -0.1) is 0 Å². The predicted molar refractivity (Wildman–Crippen MR) is 200 cm³/mol. The van der Waals surface area contributed by atoms with Crippen LogP contribution in [0, 0.1) is 0 Å². The van der Waals surface area contributed by atoms with E-state index in [0.29, 0.717) is 11.1 Å². The Morgan fingerprint density at radius 3 is 1.24 bits per heavy atom. The van der Waals surface area contributed by atoms with Crippen molar-refractivity contribution < 1.29 is 19.1 Å². The number of aryl methyl sites for hydroxylation is 1. The molecule has 0 aliphatic heterocycles. The van der Waals surface area contributed by atoms with Crippen molar-refractivity contribution in [3.63, 3.8) is 0 Å². The van der Waals surface area contributed by atoms with Crippen LogP contribution in [0.3, 0.4) is 0 Å². The summed E-state index contributed by atoms with van der Waals surface area (Å²) in [5.41, 5.74) is 6.71. The molecular formula is C41H53NO4. The molecule has 0 aliphatic carbocycles. The first-order valence-electron chi connectivity index (χ1n) is 14.9. The first kappa shape index (κ1) is 43.1. The molecule has 5 heteroatoms. The summed E-state index contributed by atoms with van der Waals surface area (Å²) >= 11 is 0. The van der Waals surface area contributed by atoms with Gasteiger partial charge < -0.3 is 14.4 Å². The van der Waals surface area contributed by atoms with Crippen LogP contribution in [0.25, 0.3) is 24.3 Å². The van der Waals surface area contributed by atoms with Crippen molar-refractivity contribution in [2.45, 2.75) is 27.2 Å². The van der Waals surface area contributed by atoms with Crippen molar-refractivity contribution in [1.29, 1.82) is 0 Å². The quantitative estimate of drug-likeness (QED) is 0.128. The third kappa shape index (κ3) is 22.5. The molecule has 46 heavy (non-hydrogen) atoms. The van der Waals surface area contributed by atoms with Crippen LogP contribution >= 0.6 is 0 Å². The Balaban J connectivity index is 0. The minimum atomic E-state index is -0.489. The largest absolute Gasteiger partial charge is 0.459 e. The van der Waals surface area contributed by atoms with Gasteiger partial charge in [0.15, 0.2) is 0 Å². The summed E-state index contributed by atoms with van der Waals surface area (Å²) in [5.74, 6) is -0.979. The summed E-state index contributed by atoms with van der Waals surface area (Å²) < 4.78 is 9.38. The van der Waals surface area contributed by atoms with E-state index in [0.717, 1.165) is 17.5 Å². The number of carbonyl (C=O) groups is 2. The maximum absolute atomic E-state index is 10.8. The monoisotopic (exact) mass is 623 g/mol. The lowest BCUT2D eigenvalue weighted by Gasteiger charge is -2.05. The standard InChI is InChI=1S/C10H14O4.C10H12.C10H10.C8H8.C3H9N/c1-7(2)9(11)13-5-6-14-10(12)8(3)4;2*1-3-9-7-5-6-8-10(9)4-2;1-2-8-6-4-3-5-7-8;1-4(2)3/h1,3,5-6H2,2,4H3;3,5-8H,1,4H2,2H3;3-8H,1-2H2;2-7H,1H2;1-3H3. The maximum Gasteiger partial charge on any atom is 0.333 e. The fourth-order valence-electron chi connectivity index (χ4n) is 3.04. The minimum Gasteiger partial charge on any atom is -0.459 e. The Bertz CT molecular complexity index is 1310. The van der Waals surface area contributed by atoms with Gasteiger partial charge in [0.05, 0.1) is 0 Å². The zero-order valence-electron chi connectivity index (χ0n) is 28.8. The zero-order chi connectivity index (χ0) is 35.3. The van der Waals surface area contributed by atoms with Crippen LogP contribution in [0.15, 0.2) is 129 Å². The van der Waals surface area contributed by atoms with Crippen LogP contribution in [0.4, 0.5) is 0 Å². The number of rotatable bonds is 10. The van der Waals surface area contributed by atoms with Crippen molar-refractivity contribution >= 4 is 36.2 Å². The molecule has 0 saturated heterocycles. The molecule has 0 saturated carbocycles. The second-order valence-electron chi connectivity index (χ2n) is 10.1. The molecule has 0 bridgehead atoms. The van der Waals surface area contributed by atoms with E-state index in [1.165, 1.54) is 16.7 Å². The van der Waals surface area contributed by atoms with E-state index in [4.69, 9.17) is 0 Å². The Morgan fingerprint density at radius 1 is 0.609 bits per heavy atom. The van der Waals surface area contributed by atoms with Crippen molar-refractivity contribution in [1.82, 2.24) is 4.90 Å². The van der Waals surface area contributed by atoms with E-state index in [1.54, 1.807) is 13.8 Å². The Hall–Kier alpha value is -5.00. The number of hydrogen-bond acceptors (Lipinski definition) is 5. The fraction of sp³-hybridized carbons (Fsp3) is 0.220. The Labute approximate surface area is 278 Å². The highest BCUT2D eigenvalue weighted by Gasteiger charge is 2.05. The van der Waals surface area contributed by atoms with Crippen molar-refractivity contribution in [2.75, 3.05) is 34.4 Å². The smallest absolute Gasteiger partial charge is 0.333 e. The van der Waals surface area contributed by atoms with Gasteiger partial charge >= 0.3 is 11.9 Å². The van der Waals surface area contributed by atoms with Crippen LogP contribution < -0.4 is 0 Å². The van der Waals surface area contributed by atoms with Crippen LogP contribution in [0.5, 0.6) is 0 Å². The van der Waals surface area contributed by atoms with E-state index < -0.39 is 11.9 Å². The zero-order valence-corrected chi connectivity index (χ0v) is 28.8. The number of esters is 2. The number of hydrogen-bond donors (Lipinski definition) is 0. The molecule has 0 fully saturated rings. The van der Waals surface area contributed by atoms with Crippen LogP contribution in [-0.4, -0.2) is 51.2 Å². The summed E-state index contributed by atoms with van der Waals surface area (Å²) in [4.78, 5) is 23.7. The van der Waals surface area contributed by atoms with E-state index in [-0.39, 0.29) is 13.2 Å². The molecule has 3 rings (SSSR count). The summed E-state index contributed by atoms with van der Waals surface area (Å²) in [6, 6.07) is 26.4. The normalized spacial score (nSPS) is 8.93. The molecule has 0 atom stereocenters. The SMILES string of the molecule is C=C(C)C(=O)OCCOC(=O)C(=C)C.C=Cc1ccccc1.C=Cc1ccccc1C=C.C=Cc1ccccc1CC.CN(C)C. The van der Waals surface area contributed by atoms with Crippen LogP contribution in [0.1, 0.15) is 48.6 Å². The topological polar surface area (TPSA) is 55.8 Å². The summed E-state index contributed by atoms with van der Waals surface area (Å²) in [7, 11) is 6.00. The van der Waals surface area contributed by atoms with Gasteiger partial charge in [0.2, 0.25) is 0 Å². The number of nitrogens with zero attached hydrogens (tertiary/aromatic N) is 1. The third-order valence-electron chi connectivity index (χ3n) is 5.37. The van der Waals surface area contributed by atoms with Gasteiger partial charge in [-0.3, -0.25) is 0 Å². The molecule has 0 spiro atoms. The number of ether oxygens (including phenoxy) is 2. The summed E-state index contributed by atoms with van der Waals surface area (Å²) in [5, 5.41) is 0. The highest BCUT2D eigenvalue weighted by atomic mass is 16.6. The second-order valence-corrected chi connectivity index (χ2v) is 10.1.